The third-order valence-electron chi connectivity index (χ3n) is 2.21. The number of rotatable bonds is 2. The number of ether oxygens (including phenoxy) is 1. The van der Waals surface area contributed by atoms with Crippen LogP contribution in [0.2, 0.25) is 5.15 Å². The second-order valence-corrected chi connectivity index (χ2v) is 3.56. The predicted molar refractivity (Wildman–Crippen MR) is 58.7 cm³/mol. The molecule has 0 radical (unpaired) electrons. The van der Waals surface area contributed by atoms with Gasteiger partial charge in [0, 0.05) is 18.0 Å². The Morgan fingerprint density at radius 1 is 1.62 bits per heavy atom. The minimum atomic E-state index is -0.445. The van der Waals surface area contributed by atoms with Gasteiger partial charge in [0.2, 0.25) is 0 Å². The number of halogens is 1. The van der Waals surface area contributed by atoms with E-state index in [0.29, 0.717) is 22.8 Å². The Hall–Kier alpha value is -1.62. The van der Waals surface area contributed by atoms with Crippen LogP contribution < -0.4 is 0 Å². The van der Waals surface area contributed by atoms with Gasteiger partial charge in [0.25, 0.3) is 0 Å². The van der Waals surface area contributed by atoms with Crippen LogP contribution in [0.15, 0.2) is 12.4 Å². The summed E-state index contributed by atoms with van der Waals surface area (Å²) in [5, 5.41) is 4.43. The summed E-state index contributed by atoms with van der Waals surface area (Å²) in [7, 11) is 0. The monoisotopic (exact) mass is 239 g/mol. The number of carbonyl (C=O) groups is 1. The third kappa shape index (κ3) is 1.63. The molecule has 0 amide bonds. The van der Waals surface area contributed by atoms with E-state index < -0.39 is 5.97 Å². The van der Waals surface area contributed by atoms with E-state index in [1.54, 1.807) is 20.0 Å². The fourth-order valence-electron chi connectivity index (χ4n) is 1.49. The highest BCUT2D eigenvalue weighted by molar-refractivity contribution is 6.32. The smallest absolute Gasteiger partial charge is 0.359 e. The maximum Gasteiger partial charge on any atom is 0.359 e. The summed E-state index contributed by atoms with van der Waals surface area (Å²) in [6, 6.07) is 0. The first-order valence-corrected chi connectivity index (χ1v) is 5.19. The van der Waals surface area contributed by atoms with Crippen molar-refractivity contribution in [3.05, 3.63) is 28.8 Å². The summed E-state index contributed by atoms with van der Waals surface area (Å²) in [4.78, 5) is 15.5. The highest BCUT2D eigenvalue weighted by Gasteiger charge is 2.18. The summed E-state index contributed by atoms with van der Waals surface area (Å²) < 4.78 is 6.42. The van der Waals surface area contributed by atoms with E-state index in [9.17, 15) is 4.79 Å². The molecule has 0 aliphatic carbocycles. The van der Waals surface area contributed by atoms with Crippen molar-refractivity contribution in [3.63, 3.8) is 0 Å². The van der Waals surface area contributed by atoms with Crippen LogP contribution in [-0.4, -0.2) is 27.2 Å². The number of nitrogens with zero attached hydrogens (tertiary/aromatic N) is 3. The van der Waals surface area contributed by atoms with Crippen molar-refractivity contribution in [2.24, 2.45) is 0 Å². The predicted octanol–water partition coefficient (Wildman–Crippen LogP) is 1.87. The minimum absolute atomic E-state index is 0.275. The fourth-order valence-corrected chi connectivity index (χ4v) is 1.77. The van der Waals surface area contributed by atoms with Gasteiger partial charge in [0.1, 0.15) is 5.52 Å². The molecule has 0 N–H and O–H groups in total. The molecular weight excluding hydrogens is 230 g/mol. The van der Waals surface area contributed by atoms with Crippen molar-refractivity contribution >= 4 is 23.1 Å². The molecule has 84 valence electrons. The Kier molecular flexibility index (Phi) is 2.78. The average Bonchev–Trinajstić information content (AvgIpc) is 2.58. The van der Waals surface area contributed by atoms with Crippen LogP contribution in [0.1, 0.15) is 23.0 Å². The van der Waals surface area contributed by atoms with E-state index in [1.807, 2.05) is 0 Å². The maximum absolute atomic E-state index is 11.6. The van der Waals surface area contributed by atoms with E-state index >= 15 is 0 Å². The summed E-state index contributed by atoms with van der Waals surface area (Å²) in [5.41, 5.74) is 1.58. The Bertz CT molecular complexity index is 550. The van der Waals surface area contributed by atoms with Gasteiger partial charge in [-0.05, 0) is 13.8 Å². The zero-order chi connectivity index (χ0) is 11.7. The number of aryl methyl sites for hydroxylation is 1. The van der Waals surface area contributed by atoms with E-state index in [1.165, 1.54) is 10.7 Å². The van der Waals surface area contributed by atoms with Gasteiger partial charge in [0.05, 0.1) is 6.61 Å². The summed E-state index contributed by atoms with van der Waals surface area (Å²) in [5.74, 6) is -0.445. The molecule has 0 aromatic carbocycles. The first-order chi connectivity index (χ1) is 7.65. The van der Waals surface area contributed by atoms with Gasteiger partial charge in [-0.2, -0.15) is 5.10 Å². The molecule has 0 aliphatic heterocycles. The molecule has 0 atom stereocenters. The van der Waals surface area contributed by atoms with Gasteiger partial charge >= 0.3 is 5.97 Å². The molecule has 5 nitrogen and oxygen atoms in total. The van der Waals surface area contributed by atoms with E-state index in [0.717, 1.165) is 0 Å². The minimum Gasteiger partial charge on any atom is -0.461 e. The quantitative estimate of drug-likeness (QED) is 0.751. The van der Waals surface area contributed by atoms with E-state index in [4.69, 9.17) is 16.3 Å². The number of hydrogen-bond acceptors (Lipinski definition) is 4. The zero-order valence-electron chi connectivity index (χ0n) is 8.90. The molecule has 0 spiro atoms. The lowest BCUT2D eigenvalue weighted by Gasteiger charge is -1.97. The van der Waals surface area contributed by atoms with Crippen LogP contribution in [0.25, 0.3) is 5.52 Å². The van der Waals surface area contributed by atoms with Crippen LogP contribution in [0, 0.1) is 6.92 Å². The second-order valence-electron chi connectivity index (χ2n) is 3.21. The molecule has 0 aliphatic rings. The van der Waals surface area contributed by atoms with Crippen molar-refractivity contribution in [2.45, 2.75) is 13.8 Å². The van der Waals surface area contributed by atoms with Crippen LogP contribution in [0.3, 0.4) is 0 Å². The molecule has 2 aromatic rings. The van der Waals surface area contributed by atoms with Crippen molar-refractivity contribution < 1.29 is 9.53 Å². The number of esters is 1. The van der Waals surface area contributed by atoms with E-state index in [-0.39, 0.29) is 5.69 Å². The largest absolute Gasteiger partial charge is 0.461 e. The normalized spacial score (nSPS) is 10.7. The average molecular weight is 240 g/mol. The van der Waals surface area contributed by atoms with Crippen molar-refractivity contribution in [3.8, 4) is 0 Å². The van der Waals surface area contributed by atoms with Crippen LogP contribution in [0.5, 0.6) is 0 Å². The molecule has 0 fully saturated rings. The summed E-state index contributed by atoms with van der Waals surface area (Å²) in [6.45, 7) is 3.83. The van der Waals surface area contributed by atoms with Crippen LogP contribution in [-0.2, 0) is 4.74 Å². The highest BCUT2D eigenvalue weighted by Crippen LogP contribution is 2.21. The first-order valence-electron chi connectivity index (χ1n) is 4.81. The fraction of sp³-hybridized carbons (Fsp3) is 0.300. The molecule has 0 bridgehead atoms. The molecule has 2 heterocycles. The summed E-state index contributed by atoms with van der Waals surface area (Å²) >= 11 is 5.93. The van der Waals surface area contributed by atoms with Crippen LogP contribution >= 0.6 is 11.6 Å². The lowest BCUT2D eigenvalue weighted by molar-refractivity contribution is 0.0518. The molecule has 0 saturated carbocycles. The number of aromatic nitrogens is 3. The van der Waals surface area contributed by atoms with Gasteiger partial charge in [-0.1, -0.05) is 11.6 Å². The third-order valence-corrected chi connectivity index (χ3v) is 2.48. The Balaban J connectivity index is 2.61. The molecule has 16 heavy (non-hydrogen) atoms. The van der Waals surface area contributed by atoms with Gasteiger partial charge in [0.15, 0.2) is 10.8 Å². The second kappa shape index (κ2) is 4.09. The first kappa shape index (κ1) is 10.9. The molecule has 0 saturated heterocycles. The number of fused-ring (bicyclic) bond motifs is 1. The van der Waals surface area contributed by atoms with Crippen LogP contribution in [0.4, 0.5) is 0 Å². The lowest BCUT2D eigenvalue weighted by Crippen LogP contribution is -2.06. The zero-order valence-corrected chi connectivity index (χ0v) is 9.65. The Morgan fingerprint density at radius 3 is 3.00 bits per heavy atom. The van der Waals surface area contributed by atoms with Gasteiger partial charge in [-0.25, -0.2) is 14.3 Å². The van der Waals surface area contributed by atoms with Crippen molar-refractivity contribution in [1.29, 1.82) is 0 Å². The summed E-state index contributed by atoms with van der Waals surface area (Å²) in [6.07, 6.45) is 3.16. The van der Waals surface area contributed by atoms with Gasteiger partial charge in [-0.3, -0.25) is 0 Å². The SMILES string of the molecule is CCOC(=O)c1nn2ccnc(Cl)c2c1C. The molecule has 0 unspecified atom stereocenters. The highest BCUT2D eigenvalue weighted by atomic mass is 35.5. The standard InChI is InChI=1S/C10H10ClN3O2/c1-3-16-10(15)7-6(2)8-9(11)12-4-5-14(8)13-7/h4-5H,3H2,1-2H3. The Labute approximate surface area is 97.0 Å². The topological polar surface area (TPSA) is 56.5 Å². The molecule has 6 heteroatoms. The number of hydrogen-bond donors (Lipinski definition) is 0. The van der Waals surface area contributed by atoms with Gasteiger partial charge < -0.3 is 4.74 Å². The lowest BCUT2D eigenvalue weighted by atomic mass is 10.2. The molecule has 2 rings (SSSR count). The van der Waals surface area contributed by atoms with Gasteiger partial charge in [-0.15, -0.1) is 0 Å². The number of carbonyl (C=O) groups excluding carboxylic acids is 1. The maximum atomic E-state index is 11.6. The van der Waals surface area contributed by atoms with Crippen molar-refractivity contribution in [2.75, 3.05) is 6.61 Å². The van der Waals surface area contributed by atoms with E-state index in [2.05, 4.69) is 10.1 Å². The molecule has 2 aromatic heterocycles. The molecular formula is C10H10ClN3O2. The Morgan fingerprint density at radius 2 is 2.38 bits per heavy atom. The van der Waals surface area contributed by atoms with Crippen molar-refractivity contribution in [1.82, 2.24) is 14.6 Å².